The van der Waals surface area contributed by atoms with Crippen molar-refractivity contribution >= 4 is 11.3 Å². The van der Waals surface area contributed by atoms with Crippen molar-refractivity contribution in [2.75, 3.05) is 0 Å². The molecule has 3 atom stereocenters. The monoisotopic (exact) mass is 266 g/mol. The summed E-state index contributed by atoms with van der Waals surface area (Å²) < 4.78 is 0. The number of thiophene rings is 1. The molecule has 0 radical (unpaired) electrons. The maximum absolute atomic E-state index is 3.80. The average Bonchev–Trinajstić information content (AvgIpc) is 2.81. The Bertz CT molecular complexity index is 337. The quantitative estimate of drug-likeness (QED) is 0.878. The van der Waals surface area contributed by atoms with E-state index in [1.165, 1.54) is 24.1 Å². The first-order valence-electron chi connectivity index (χ1n) is 7.17. The number of nitrogens with one attached hydrogen (secondary N) is 1. The van der Waals surface area contributed by atoms with Crippen LogP contribution in [0.25, 0.3) is 0 Å². The van der Waals surface area contributed by atoms with Gasteiger partial charge < -0.3 is 0 Å². The molecular weight excluding hydrogens is 240 g/mol. The predicted molar refractivity (Wildman–Crippen MR) is 79.6 cm³/mol. The molecule has 1 aromatic rings. The maximum atomic E-state index is 3.80. The molecule has 18 heavy (non-hydrogen) atoms. The second kappa shape index (κ2) is 6.18. The minimum Gasteiger partial charge on any atom is -0.246 e. The van der Waals surface area contributed by atoms with E-state index < -0.39 is 0 Å². The smallest absolute Gasteiger partial charge is 0.0581 e. The van der Waals surface area contributed by atoms with Crippen LogP contribution in [0, 0.1) is 5.92 Å². The van der Waals surface area contributed by atoms with Crippen molar-refractivity contribution < 1.29 is 0 Å². The Labute approximate surface area is 115 Å². The fourth-order valence-corrected chi connectivity index (χ4v) is 3.79. The molecule has 0 saturated carbocycles. The average molecular weight is 266 g/mol. The first kappa shape index (κ1) is 14.0. The van der Waals surface area contributed by atoms with Gasteiger partial charge in [0.2, 0.25) is 0 Å². The van der Waals surface area contributed by atoms with E-state index in [-0.39, 0.29) is 0 Å². The van der Waals surface area contributed by atoms with E-state index in [9.17, 15) is 0 Å². The van der Waals surface area contributed by atoms with Gasteiger partial charge >= 0.3 is 0 Å². The Hall–Kier alpha value is -0.380. The Morgan fingerprint density at radius 2 is 1.94 bits per heavy atom. The maximum Gasteiger partial charge on any atom is 0.0581 e. The molecule has 1 aliphatic heterocycles. The molecule has 0 spiro atoms. The molecule has 0 aliphatic carbocycles. The van der Waals surface area contributed by atoms with E-state index >= 15 is 0 Å². The molecule has 1 fully saturated rings. The minimum absolute atomic E-state index is 0.452. The van der Waals surface area contributed by atoms with Gasteiger partial charge in [-0.25, -0.2) is 10.4 Å². The largest absolute Gasteiger partial charge is 0.246 e. The van der Waals surface area contributed by atoms with Crippen LogP contribution in [0.2, 0.25) is 0 Å². The highest BCUT2D eigenvalue weighted by atomic mass is 32.1. The normalized spacial score (nSPS) is 27.6. The van der Waals surface area contributed by atoms with Crippen molar-refractivity contribution in [1.82, 2.24) is 10.4 Å². The first-order valence-corrected chi connectivity index (χ1v) is 8.05. The summed E-state index contributed by atoms with van der Waals surface area (Å²) in [5.41, 5.74) is 3.80. The van der Waals surface area contributed by atoms with E-state index in [1.54, 1.807) is 0 Å². The van der Waals surface area contributed by atoms with Crippen LogP contribution in [0.1, 0.15) is 57.9 Å². The fraction of sp³-hybridized carbons (Fsp3) is 0.733. The molecule has 0 bridgehead atoms. The third-order valence-corrected chi connectivity index (χ3v) is 4.95. The Balaban J connectivity index is 2.08. The zero-order valence-corrected chi connectivity index (χ0v) is 12.8. The van der Waals surface area contributed by atoms with Crippen LogP contribution < -0.4 is 5.43 Å². The van der Waals surface area contributed by atoms with Crippen LogP contribution in [0.4, 0.5) is 0 Å². The summed E-state index contributed by atoms with van der Waals surface area (Å²) in [6, 6.07) is 6.15. The predicted octanol–water partition coefficient (Wildman–Crippen LogP) is 4.21. The summed E-state index contributed by atoms with van der Waals surface area (Å²) in [7, 11) is 0. The van der Waals surface area contributed by atoms with Crippen LogP contribution in [0.5, 0.6) is 0 Å². The molecule has 0 amide bonds. The standard InChI is InChI=1S/C15H26N2S/c1-11(2)15(14-9-6-10-18-14)16-17-12(3)7-5-8-13(17)4/h6,9-13,15-16H,5,7-8H2,1-4H3. The summed E-state index contributed by atoms with van der Waals surface area (Å²) in [6.45, 7) is 9.29. The van der Waals surface area contributed by atoms with Crippen LogP contribution in [0.3, 0.4) is 0 Å². The number of hydrazine groups is 1. The van der Waals surface area contributed by atoms with Crippen molar-refractivity contribution in [1.29, 1.82) is 0 Å². The lowest BCUT2D eigenvalue weighted by atomic mass is 9.98. The molecule has 0 aromatic carbocycles. The summed E-state index contributed by atoms with van der Waals surface area (Å²) in [5.74, 6) is 0.616. The van der Waals surface area contributed by atoms with Gasteiger partial charge in [0.05, 0.1) is 6.04 Å². The van der Waals surface area contributed by atoms with Gasteiger partial charge in [-0.05, 0) is 44.1 Å². The van der Waals surface area contributed by atoms with Crippen LogP contribution in [-0.2, 0) is 0 Å². The number of rotatable bonds is 4. The van der Waals surface area contributed by atoms with Crippen molar-refractivity contribution in [2.24, 2.45) is 5.92 Å². The fourth-order valence-electron chi connectivity index (χ4n) is 2.85. The molecule has 1 saturated heterocycles. The zero-order valence-electron chi connectivity index (χ0n) is 12.0. The molecular formula is C15H26N2S. The molecule has 102 valence electrons. The van der Waals surface area contributed by atoms with Gasteiger partial charge in [0.15, 0.2) is 0 Å². The highest BCUT2D eigenvalue weighted by Gasteiger charge is 2.28. The summed E-state index contributed by atoms with van der Waals surface area (Å²) in [4.78, 5) is 1.45. The van der Waals surface area contributed by atoms with Gasteiger partial charge in [0.25, 0.3) is 0 Å². The molecule has 2 rings (SSSR count). The van der Waals surface area contributed by atoms with Gasteiger partial charge in [-0.1, -0.05) is 26.3 Å². The van der Waals surface area contributed by atoms with E-state index in [0.29, 0.717) is 24.0 Å². The van der Waals surface area contributed by atoms with Crippen LogP contribution in [-0.4, -0.2) is 17.1 Å². The Morgan fingerprint density at radius 1 is 1.28 bits per heavy atom. The highest BCUT2D eigenvalue weighted by molar-refractivity contribution is 7.10. The van der Waals surface area contributed by atoms with E-state index in [2.05, 4.69) is 55.6 Å². The number of nitrogens with zero attached hydrogens (tertiary/aromatic N) is 1. The lowest BCUT2D eigenvalue weighted by Gasteiger charge is -2.42. The van der Waals surface area contributed by atoms with Crippen LogP contribution in [0.15, 0.2) is 17.5 Å². The van der Waals surface area contributed by atoms with Gasteiger partial charge in [-0.2, -0.15) is 0 Å². The van der Waals surface area contributed by atoms with Gasteiger partial charge in [0, 0.05) is 17.0 Å². The Kier molecular flexibility index (Phi) is 4.82. The van der Waals surface area contributed by atoms with Gasteiger partial charge in [0.1, 0.15) is 0 Å². The molecule has 1 N–H and O–H groups in total. The lowest BCUT2D eigenvalue weighted by molar-refractivity contribution is 0.0215. The minimum atomic E-state index is 0.452. The van der Waals surface area contributed by atoms with Crippen molar-refractivity contribution in [3.63, 3.8) is 0 Å². The van der Waals surface area contributed by atoms with Gasteiger partial charge in [-0.15, -0.1) is 11.3 Å². The molecule has 1 aliphatic rings. The number of hydrogen-bond donors (Lipinski definition) is 1. The molecule has 3 heteroatoms. The third kappa shape index (κ3) is 3.14. The Morgan fingerprint density at radius 3 is 2.44 bits per heavy atom. The molecule has 2 heterocycles. The summed E-state index contributed by atoms with van der Waals surface area (Å²) >= 11 is 1.86. The van der Waals surface area contributed by atoms with Crippen molar-refractivity contribution in [2.45, 2.75) is 65.1 Å². The summed E-state index contributed by atoms with van der Waals surface area (Å²) in [6.07, 6.45) is 3.99. The first-order chi connectivity index (χ1) is 8.59. The lowest BCUT2D eigenvalue weighted by Crippen LogP contribution is -2.53. The zero-order chi connectivity index (χ0) is 13.1. The SMILES string of the molecule is CC(C)C(NN1C(C)CCCC1C)c1cccs1. The van der Waals surface area contributed by atoms with E-state index in [4.69, 9.17) is 0 Å². The molecule has 2 nitrogen and oxygen atoms in total. The summed E-state index contributed by atoms with van der Waals surface area (Å²) in [5, 5.41) is 4.67. The highest BCUT2D eigenvalue weighted by Crippen LogP contribution is 2.29. The number of piperidine rings is 1. The topological polar surface area (TPSA) is 15.3 Å². The third-order valence-electron chi connectivity index (χ3n) is 4.00. The van der Waals surface area contributed by atoms with E-state index in [1.807, 2.05) is 11.3 Å². The van der Waals surface area contributed by atoms with Gasteiger partial charge in [-0.3, -0.25) is 0 Å². The van der Waals surface area contributed by atoms with Crippen LogP contribution >= 0.6 is 11.3 Å². The van der Waals surface area contributed by atoms with Crippen molar-refractivity contribution in [3.05, 3.63) is 22.4 Å². The molecule has 1 aromatic heterocycles. The van der Waals surface area contributed by atoms with E-state index in [0.717, 1.165) is 0 Å². The second-order valence-corrected chi connectivity index (χ2v) is 6.88. The van der Waals surface area contributed by atoms with Crippen molar-refractivity contribution in [3.8, 4) is 0 Å². The molecule has 3 unspecified atom stereocenters. The second-order valence-electron chi connectivity index (χ2n) is 5.90. The number of hydrogen-bond acceptors (Lipinski definition) is 3.